The third kappa shape index (κ3) is 3.99. The molecule has 2 heterocycles. The first kappa shape index (κ1) is 17.4. The summed E-state index contributed by atoms with van der Waals surface area (Å²) in [6, 6.07) is 7.68. The summed E-state index contributed by atoms with van der Waals surface area (Å²) in [4.78, 5) is 18.7. The fraction of sp³-hybridized carbons (Fsp3) is 0.500. The summed E-state index contributed by atoms with van der Waals surface area (Å²) in [6.07, 6.45) is 1.79. The molecule has 134 valence electrons. The van der Waals surface area contributed by atoms with E-state index in [0.29, 0.717) is 37.0 Å². The largest absolute Gasteiger partial charge is 0.497 e. The number of likely N-dealkylation sites (tertiary alicyclic amines) is 1. The van der Waals surface area contributed by atoms with Crippen LogP contribution in [0.3, 0.4) is 0 Å². The smallest absolute Gasteiger partial charge is 0.227 e. The van der Waals surface area contributed by atoms with Gasteiger partial charge >= 0.3 is 0 Å². The van der Waals surface area contributed by atoms with E-state index >= 15 is 0 Å². The highest BCUT2D eigenvalue weighted by Gasteiger charge is 2.31. The number of benzene rings is 1. The molecule has 0 spiro atoms. The van der Waals surface area contributed by atoms with Gasteiger partial charge < -0.3 is 19.9 Å². The molecule has 1 saturated heterocycles. The molecule has 3 rings (SSSR count). The molecule has 7 nitrogen and oxygen atoms in total. The molecular formula is C18H24N4O3. The Hall–Kier alpha value is -2.41. The van der Waals surface area contributed by atoms with E-state index < -0.39 is 0 Å². The van der Waals surface area contributed by atoms with Gasteiger partial charge in [-0.2, -0.15) is 4.98 Å². The zero-order valence-electron chi connectivity index (χ0n) is 14.6. The molecular weight excluding hydrogens is 320 g/mol. The minimum absolute atomic E-state index is 0.118. The van der Waals surface area contributed by atoms with Crippen molar-refractivity contribution >= 4 is 5.91 Å². The lowest BCUT2D eigenvalue weighted by atomic mass is 10.1. The van der Waals surface area contributed by atoms with Crippen molar-refractivity contribution in [3.8, 4) is 17.1 Å². The van der Waals surface area contributed by atoms with E-state index in [9.17, 15) is 4.79 Å². The third-order valence-electron chi connectivity index (χ3n) is 4.68. The number of nitrogens with two attached hydrogens (primary N) is 1. The minimum atomic E-state index is 0.118. The Morgan fingerprint density at radius 2 is 2.16 bits per heavy atom. The summed E-state index contributed by atoms with van der Waals surface area (Å²) in [5.74, 6) is 2.29. The summed E-state index contributed by atoms with van der Waals surface area (Å²) in [6.45, 7) is 3.45. The number of amides is 1. The molecule has 25 heavy (non-hydrogen) atoms. The summed E-state index contributed by atoms with van der Waals surface area (Å²) in [7, 11) is 1.62. The number of nitrogens with zero attached hydrogens (tertiary/aromatic N) is 3. The normalized spacial score (nSPS) is 20.0. The van der Waals surface area contributed by atoms with Gasteiger partial charge in [0.05, 0.1) is 7.11 Å². The van der Waals surface area contributed by atoms with Crippen LogP contribution < -0.4 is 10.5 Å². The Morgan fingerprint density at radius 3 is 2.80 bits per heavy atom. The van der Waals surface area contributed by atoms with Gasteiger partial charge in [-0.1, -0.05) is 5.16 Å². The lowest BCUT2D eigenvalue weighted by Gasteiger charge is -2.21. The Morgan fingerprint density at radius 1 is 1.40 bits per heavy atom. The van der Waals surface area contributed by atoms with Gasteiger partial charge in [-0.25, -0.2) is 0 Å². The first-order chi connectivity index (χ1) is 12.1. The van der Waals surface area contributed by atoms with Crippen LogP contribution in [0.5, 0.6) is 5.75 Å². The van der Waals surface area contributed by atoms with Gasteiger partial charge in [0.25, 0.3) is 0 Å². The van der Waals surface area contributed by atoms with Crippen LogP contribution in [-0.2, 0) is 11.2 Å². The first-order valence-corrected chi connectivity index (χ1v) is 8.57. The number of rotatable bonds is 6. The number of aryl methyl sites for hydroxylation is 1. The molecule has 1 aliphatic heterocycles. The SMILES string of the molecule is COc1ccc(-c2noc(CCC(=O)N3CC(CN)CC3C)n2)cc1. The number of carbonyl (C=O) groups excluding carboxylic acids is 1. The summed E-state index contributed by atoms with van der Waals surface area (Å²) in [5, 5.41) is 3.99. The van der Waals surface area contributed by atoms with Crippen molar-refractivity contribution in [1.82, 2.24) is 15.0 Å². The van der Waals surface area contributed by atoms with E-state index in [1.807, 2.05) is 29.2 Å². The monoisotopic (exact) mass is 344 g/mol. The number of hydrogen-bond acceptors (Lipinski definition) is 6. The maximum absolute atomic E-state index is 12.4. The van der Waals surface area contributed by atoms with Gasteiger partial charge in [0, 0.05) is 31.0 Å². The molecule has 1 aliphatic rings. The zero-order valence-corrected chi connectivity index (χ0v) is 14.6. The lowest BCUT2D eigenvalue weighted by Crippen LogP contribution is -2.34. The van der Waals surface area contributed by atoms with Crippen molar-refractivity contribution in [3.63, 3.8) is 0 Å². The standard InChI is InChI=1S/C18H24N4O3/c1-12-9-13(10-19)11-22(12)17(23)8-7-16-20-18(21-25-16)14-3-5-15(24-2)6-4-14/h3-6,12-13H,7-11,19H2,1-2H3. The molecule has 0 radical (unpaired) electrons. The van der Waals surface area contributed by atoms with Gasteiger partial charge in [0.2, 0.25) is 17.6 Å². The summed E-state index contributed by atoms with van der Waals surface area (Å²) in [5.41, 5.74) is 6.57. The van der Waals surface area contributed by atoms with Gasteiger partial charge in [0.1, 0.15) is 5.75 Å². The topological polar surface area (TPSA) is 94.5 Å². The van der Waals surface area contributed by atoms with Crippen molar-refractivity contribution in [2.24, 2.45) is 11.7 Å². The molecule has 2 N–H and O–H groups in total. The maximum atomic E-state index is 12.4. The fourth-order valence-corrected chi connectivity index (χ4v) is 3.23. The number of ether oxygens (including phenoxy) is 1. The third-order valence-corrected chi connectivity index (χ3v) is 4.68. The fourth-order valence-electron chi connectivity index (χ4n) is 3.23. The van der Waals surface area contributed by atoms with E-state index in [-0.39, 0.29) is 11.9 Å². The van der Waals surface area contributed by atoms with Crippen LogP contribution in [0.1, 0.15) is 25.7 Å². The van der Waals surface area contributed by atoms with E-state index in [4.69, 9.17) is 15.0 Å². The molecule has 7 heteroatoms. The average Bonchev–Trinajstić information content (AvgIpc) is 3.26. The lowest BCUT2D eigenvalue weighted by molar-refractivity contribution is -0.131. The highest BCUT2D eigenvalue weighted by atomic mass is 16.5. The molecule has 0 bridgehead atoms. The number of aromatic nitrogens is 2. The predicted octanol–water partition coefficient (Wildman–Crippen LogP) is 1.87. The minimum Gasteiger partial charge on any atom is -0.497 e. The first-order valence-electron chi connectivity index (χ1n) is 8.57. The second-order valence-corrected chi connectivity index (χ2v) is 6.47. The maximum Gasteiger partial charge on any atom is 0.227 e. The summed E-state index contributed by atoms with van der Waals surface area (Å²) >= 11 is 0. The zero-order chi connectivity index (χ0) is 17.8. The number of methoxy groups -OCH3 is 1. The Kier molecular flexibility index (Phi) is 5.33. The quantitative estimate of drug-likeness (QED) is 0.860. The van der Waals surface area contributed by atoms with Gasteiger partial charge in [0.15, 0.2) is 0 Å². The van der Waals surface area contributed by atoms with E-state index in [0.717, 1.165) is 24.3 Å². The van der Waals surface area contributed by atoms with Crippen LogP contribution >= 0.6 is 0 Å². The number of carbonyl (C=O) groups is 1. The van der Waals surface area contributed by atoms with E-state index in [1.165, 1.54) is 0 Å². The second kappa shape index (κ2) is 7.65. The van der Waals surface area contributed by atoms with Crippen LogP contribution in [0.25, 0.3) is 11.4 Å². The van der Waals surface area contributed by atoms with Crippen LogP contribution in [0.2, 0.25) is 0 Å². The molecule has 2 atom stereocenters. The highest BCUT2D eigenvalue weighted by Crippen LogP contribution is 2.24. The van der Waals surface area contributed by atoms with E-state index in [2.05, 4.69) is 17.1 Å². The number of hydrogen-bond donors (Lipinski definition) is 1. The van der Waals surface area contributed by atoms with Crippen molar-refractivity contribution in [3.05, 3.63) is 30.2 Å². The average molecular weight is 344 g/mol. The van der Waals surface area contributed by atoms with Crippen LogP contribution in [0.4, 0.5) is 0 Å². The van der Waals surface area contributed by atoms with Gasteiger partial charge in [-0.05, 0) is 50.1 Å². The molecule has 1 amide bonds. The van der Waals surface area contributed by atoms with Crippen LogP contribution in [0, 0.1) is 5.92 Å². The Labute approximate surface area is 147 Å². The van der Waals surface area contributed by atoms with Crippen molar-refractivity contribution in [2.75, 3.05) is 20.2 Å². The molecule has 1 aromatic carbocycles. The molecule has 0 aliphatic carbocycles. The van der Waals surface area contributed by atoms with Crippen molar-refractivity contribution < 1.29 is 14.1 Å². The second-order valence-electron chi connectivity index (χ2n) is 6.47. The molecule has 0 saturated carbocycles. The molecule has 1 fully saturated rings. The van der Waals surface area contributed by atoms with Crippen LogP contribution in [0.15, 0.2) is 28.8 Å². The predicted molar refractivity (Wildman–Crippen MR) is 92.9 cm³/mol. The molecule has 2 aromatic rings. The Bertz CT molecular complexity index is 713. The van der Waals surface area contributed by atoms with Crippen LogP contribution in [-0.4, -0.2) is 47.2 Å². The van der Waals surface area contributed by atoms with E-state index in [1.54, 1.807) is 7.11 Å². The Balaban J connectivity index is 1.57. The highest BCUT2D eigenvalue weighted by molar-refractivity contribution is 5.77. The summed E-state index contributed by atoms with van der Waals surface area (Å²) < 4.78 is 10.4. The molecule has 2 unspecified atom stereocenters. The van der Waals surface area contributed by atoms with Crippen molar-refractivity contribution in [1.29, 1.82) is 0 Å². The van der Waals surface area contributed by atoms with Gasteiger partial charge in [-0.3, -0.25) is 4.79 Å². The molecule has 1 aromatic heterocycles. The van der Waals surface area contributed by atoms with Gasteiger partial charge in [-0.15, -0.1) is 0 Å². The van der Waals surface area contributed by atoms with Crippen molar-refractivity contribution in [2.45, 2.75) is 32.2 Å².